The van der Waals surface area contributed by atoms with Gasteiger partial charge in [-0.2, -0.15) is 0 Å². The minimum absolute atomic E-state index is 0.153. The van der Waals surface area contributed by atoms with Crippen LogP contribution in [-0.4, -0.2) is 41.2 Å². The topological polar surface area (TPSA) is 93.1 Å². The summed E-state index contributed by atoms with van der Waals surface area (Å²) in [4.78, 5) is 24.4. The van der Waals surface area contributed by atoms with Gasteiger partial charge >= 0.3 is 11.9 Å². The molecule has 1 aliphatic carbocycles. The molecule has 0 atom stereocenters. The lowest BCUT2D eigenvalue weighted by Gasteiger charge is -2.43. The lowest BCUT2D eigenvalue weighted by Crippen LogP contribution is -2.47. The molecule has 2 bridgehead atoms. The van der Waals surface area contributed by atoms with E-state index in [2.05, 4.69) is 0 Å². The fourth-order valence-corrected chi connectivity index (χ4v) is 2.95. The van der Waals surface area contributed by atoms with Gasteiger partial charge in [0, 0.05) is 18.3 Å². The van der Waals surface area contributed by atoms with Crippen LogP contribution in [0.2, 0.25) is 0 Å². The van der Waals surface area contributed by atoms with Gasteiger partial charge in [0.15, 0.2) is 0 Å². The van der Waals surface area contributed by atoms with Gasteiger partial charge in [-0.3, -0.25) is 0 Å². The van der Waals surface area contributed by atoms with E-state index >= 15 is 0 Å². The number of aliphatic hydroxyl groups is 2. The predicted molar refractivity (Wildman–Crippen MR) is 75.1 cm³/mol. The van der Waals surface area contributed by atoms with Crippen molar-refractivity contribution in [2.24, 2.45) is 5.41 Å². The van der Waals surface area contributed by atoms with Crippen LogP contribution >= 0.6 is 0 Å². The van der Waals surface area contributed by atoms with E-state index in [1.807, 2.05) is 0 Å². The highest BCUT2D eigenvalue weighted by molar-refractivity contribution is 5.94. The molecule has 4 rings (SSSR count). The molecule has 0 radical (unpaired) electrons. The lowest BCUT2D eigenvalue weighted by molar-refractivity contribution is -0.204. The maximum Gasteiger partial charge on any atom is 0.341 e. The Balaban J connectivity index is 1.88. The summed E-state index contributed by atoms with van der Waals surface area (Å²) in [5, 5.41) is 18.9. The normalized spacial score (nSPS) is 22.5. The summed E-state index contributed by atoms with van der Waals surface area (Å²) in [6, 6.07) is 6.14. The van der Waals surface area contributed by atoms with E-state index in [-0.39, 0.29) is 26.1 Å². The number of rotatable bonds is 2. The third-order valence-corrected chi connectivity index (χ3v) is 4.66. The molecular weight excluding hydrogens is 288 g/mol. The first kappa shape index (κ1) is 15.0. The van der Waals surface area contributed by atoms with E-state index < -0.39 is 23.1 Å². The van der Waals surface area contributed by atoms with Crippen LogP contribution in [0.15, 0.2) is 24.3 Å². The Kier molecular flexibility index (Phi) is 3.66. The number of benzene rings is 1. The van der Waals surface area contributed by atoms with Crippen molar-refractivity contribution in [1.82, 2.24) is 0 Å². The Labute approximate surface area is 127 Å². The van der Waals surface area contributed by atoms with Crippen LogP contribution in [0.1, 0.15) is 46.4 Å². The molecule has 118 valence electrons. The molecule has 2 aliphatic heterocycles. The number of fused-ring (bicyclic) bond motifs is 4. The summed E-state index contributed by atoms with van der Waals surface area (Å²) in [6.07, 6.45) is 1.33. The van der Waals surface area contributed by atoms with Crippen molar-refractivity contribution in [3.8, 4) is 0 Å². The summed E-state index contributed by atoms with van der Waals surface area (Å²) in [7, 11) is 0. The second-order valence-electron chi connectivity index (χ2n) is 6.08. The molecule has 6 nitrogen and oxygen atoms in total. The van der Waals surface area contributed by atoms with Crippen LogP contribution in [-0.2, 0) is 9.47 Å². The molecule has 0 saturated heterocycles. The summed E-state index contributed by atoms with van der Waals surface area (Å²) in [6.45, 7) is -0.307. The second-order valence-corrected chi connectivity index (χ2v) is 6.08. The Morgan fingerprint density at radius 3 is 1.59 bits per heavy atom. The van der Waals surface area contributed by atoms with Crippen LogP contribution in [0.25, 0.3) is 0 Å². The van der Waals surface area contributed by atoms with Crippen LogP contribution in [0.3, 0.4) is 0 Å². The van der Waals surface area contributed by atoms with Crippen molar-refractivity contribution < 1.29 is 29.3 Å². The van der Waals surface area contributed by atoms with Crippen molar-refractivity contribution in [3.63, 3.8) is 0 Å². The first-order valence-electron chi connectivity index (χ1n) is 7.30. The molecule has 0 unspecified atom stereocenters. The monoisotopic (exact) mass is 306 g/mol. The molecule has 1 saturated carbocycles. The molecular formula is C16H18O6. The third-order valence-electron chi connectivity index (χ3n) is 4.66. The zero-order valence-corrected chi connectivity index (χ0v) is 12.1. The molecule has 2 heterocycles. The van der Waals surface area contributed by atoms with E-state index in [1.54, 1.807) is 0 Å². The summed E-state index contributed by atoms with van der Waals surface area (Å²) >= 11 is 0. The minimum Gasteiger partial charge on any atom is -0.419 e. The van der Waals surface area contributed by atoms with Crippen LogP contribution < -0.4 is 0 Å². The van der Waals surface area contributed by atoms with Crippen molar-refractivity contribution >= 4 is 11.9 Å². The van der Waals surface area contributed by atoms with Gasteiger partial charge in [0.2, 0.25) is 0 Å². The third kappa shape index (κ3) is 2.48. The van der Waals surface area contributed by atoms with E-state index in [4.69, 9.17) is 9.47 Å². The van der Waals surface area contributed by atoms with Crippen molar-refractivity contribution in [1.29, 1.82) is 0 Å². The van der Waals surface area contributed by atoms with Gasteiger partial charge in [-0.05, 0) is 37.1 Å². The number of hydrogen-bond acceptors (Lipinski definition) is 6. The van der Waals surface area contributed by atoms with Crippen LogP contribution in [0.5, 0.6) is 0 Å². The number of esters is 2. The predicted octanol–water partition coefficient (Wildman–Crippen LogP) is 1.26. The van der Waals surface area contributed by atoms with Crippen LogP contribution in [0.4, 0.5) is 0 Å². The first-order valence-corrected chi connectivity index (χ1v) is 7.30. The smallest absolute Gasteiger partial charge is 0.341 e. The molecule has 1 aromatic rings. The molecule has 0 amide bonds. The van der Waals surface area contributed by atoms with E-state index in [1.165, 1.54) is 24.3 Å². The van der Waals surface area contributed by atoms with E-state index in [9.17, 15) is 19.8 Å². The Morgan fingerprint density at radius 1 is 0.818 bits per heavy atom. The molecule has 6 heteroatoms. The Bertz CT molecular complexity index is 538. The summed E-state index contributed by atoms with van der Waals surface area (Å²) in [5.74, 6) is -2.40. The average Bonchev–Trinajstić information content (AvgIpc) is 2.62. The number of aliphatic hydroxyl groups excluding tert-OH is 2. The van der Waals surface area contributed by atoms with Gasteiger partial charge in [0.1, 0.15) is 0 Å². The van der Waals surface area contributed by atoms with E-state index in [0.717, 1.165) is 0 Å². The fraction of sp³-hybridized carbons (Fsp3) is 0.500. The zero-order chi connectivity index (χ0) is 15.8. The zero-order valence-electron chi connectivity index (χ0n) is 12.1. The van der Waals surface area contributed by atoms with Gasteiger partial charge in [-0.1, -0.05) is 0 Å². The van der Waals surface area contributed by atoms with Gasteiger partial charge in [-0.15, -0.1) is 0 Å². The van der Waals surface area contributed by atoms with Gasteiger partial charge in [-0.25, -0.2) is 9.59 Å². The van der Waals surface area contributed by atoms with Crippen LogP contribution in [0, 0.1) is 5.41 Å². The quantitative estimate of drug-likeness (QED) is 0.799. The van der Waals surface area contributed by atoms with Gasteiger partial charge in [0.05, 0.1) is 24.3 Å². The van der Waals surface area contributed by atoms with Gasteiger partial charge in [0.25, 0.3) is 5.79 Å². The number of hydrogen-bond donors (Lipinski definition) is 2. The molecule has 0 aromatic heterocycles. The van der Waals surface area contributed by atoms with Gasteiger partial charge < -0.3 is 19.7 Å². The Hall–Kier alpha value is -1.92. The summed E-state index contributed by atoms with van der Waals surface area (Å²) in [5.41, 5.74) is 0.114. The highest BCUT2D eigenvalue weighted by atomic mass is 16.7. The molecule has 3 aliphatic rings. The van der Waals surface area contributed by atoms with Crippen molar-refractivity contribution in [3.05, 3.63) is 35.4 Å². The first-order chi connectivity index (χ1) is 10.5. The fourth-order valence-electron chi connectivity index (χ4n) is 2.95. The minimum atomic E-state index is -1.32. The highest BCUT2D eigenvalue weighted by Crippen LogP contribution is 2.43. The Morgan fingerprint density at radius 2 is 1.23 bits per heavy atom. The van der Waals surface area contributed by atoms with E-state index in [0.29, 0.717) is 24.0 Å². The maximum absolute atomic E-state index is 12.2. The van der Waals surface area contributed by atoms with Crippen molar-refractivity contribution in [2.45, 2.75) is 31.5 Å². The number of carbonyl (C=O) groups is 2. The van der Waals surface area contributed by atoms with Crippen molar-refractivity contribution in [2.75, 3.05) is 13.2 Å². The molecule has 1 spiro atoms. The maximum atomic E-state index is 12.2. The number of carbonyl (C=O) groups excluding carboxylic acids is 2. The number of ether oxygens (including phenoxy) is 2. The standard InChI is InChI=1S/C16H18O6/c17-9-15(10-18)5-7-16(8-6-15)21-13(19)11-1-2-12(4-3-11)14(20)22-16/h1-4,17-18H,5-10H2. The largest absolute Gasteiger partial charge is 0.419 e. The average molecular weight is 306 g/mol. The molecule has 2 N–H and O–H groups in total. The lowest BCUT2D eigenvalue weighted by atomic mass is 9.73. The SMILES string of the molecule is O=C1OC2(CCC(CO)(CO)CC2)OC(=O)c2ccc1cc2. The summed E-state index contributed by atoms with van der Waals surface area (Å²) < 4.78 is 11.0. The highest BCUT2D eigenvalue weighted by Gasteiger charge is 2.48. The molecule has 1 aromatic carbocycles. The molecule has 22 heavy (non-hydrogen) atoms. The second kappa shape index (κ2) is 5.37. The molecule has 1 fully saturated rings.